The number of amides is 2. The van der Waals surface area contributed by atoms with Crippen LogP contribution in [-0.2, 0) is 22.6 Å². The van der Waals surface area contributed by atoms with Gasteiger partial charge >= 0.3 is 0 Å². The Labute approximate surface area is 182 Å². The molecular weight excluding hydrogens is 395 g/mol. The minimum absolute atomic E-state index is 0.0439. The van der Waals surface area contributed by atoms with Crippen LogP contribution >= 0.6 is 0 Å². The Kier molecular flexibility index (Phi) is 6.25. The first-order valence-electron chi connectivity index (χ1n) is 10.9. The van der Waals surface area contributed by atoms with E-state index in [1.54, 1.807) is 19.2 Å². The van der Waals surface area contributed by atoms with Crippen LogP contribution in [0.1, 0.15) is 36.8 Å². The number of nitrogens with zero attached hydrogens (tertiary/aromatic N) is 2. The SMILES string of the molecule is COc1ccc(CN2CC3(CCC2=O)CCN(C(=O)Cc2cccc(F)c2)CC3)cc1. The van der Waals surface area contributed by atoms with Gasteiger partial charge in [0, 0.05) is 32.6 Å². The molecule has 0 aliphatic carbocycles. The average Bonchev–Trinajstić information content (AvgIpc) is 2.77. The third-order valence-electron chi connectivity index (χ3n) is 6.70. The highest BCUT2D eigenvalue weighted by atomic mass is 19.1. The van der Waals surface area contributed by atoms with Gasteiger partial charge in [-0.15, -0.1) is 0 Å². The number of ether oxygens (including phenoxy) is 1. The third-order valence-corrected chi connectivity index (χ3v) is 6.70. The molecule has 2 aliphatic rings. The molecule has 2 aromatic rings. The second-order valence-electron chi connectivity index (χ2n) is 8.79. The van der Waals surface area contributed by atoms with Crippen molar-refractivity contribution < 1.29 is 18.7 Å². The van der Waals surface area contributed by atoms with Crippen LogP contribution in [0.15, 0.2) is 48.5 Å². The lowest BCUT2D eigenvalue weighted by atomic mass is 9.72. The van der Waals surface area contributed by atoms with Gasteiger partial charge in [-0.1, -0.05) is 24.3 Å². The van der Waals surface area contributed by atoms with Crippen molar-refractivity contribution in [2.45, 2.75) is 38.6 Å². The fourth-order valence-electron chi connectivity index (χ4n) is 4.77. The van der Waals surface area contributed by atoms with Gasteiger partial charge in [-0.05, 0) is 60.1 Å². The molecule has 0 atom stereocenters. The number of hydrogen-bond acceptors (Lipinski definition) is 3. The summed E-state index contributed by atoms with van der Waals surface area (Å²) in [5.74, 6) is 0.737. The van der Waals surface area contributed by atoms with Crippen molar-refractivity contribution in [3.63, 3.8) is 0 Å². The second kappa shape index (κ2) is 9.08. The summed E-state index contributed by atoms with van der Waals surface area (Å²) >= 11 is 0. The largest absolute Gasteiger partial charge is 0.497 e. The van der Waals surface area contributed by atoms with E-state index in [1.807, 2.05) is 34.1 Å². The van der Waals surface area contributed by atoms with E-state index in [0.717, 1.165) is 37.1 Å². The second-order valence-corrected chi connectivity index (χ2v) is 8.79. The Morgan fingerprint density at radius 3 is 2.48 bits per heavy atom. The Morgan fingerprint density at radius 1 is 1.06 bits per heavy atom. The fourth-order valence-corrected chi connectivity index (χ4v) is 4.77. The number of halogens is 1. The van der Waals surface area contributed by atoms with Crippen LogP contribution in [0.5, 0.6) is 5.75 Å². The van der Waals surface area contributed by atoms with E-state index in [9.17, 15) is 14.0 Å². The van der Waals surface area contributed by atoms with Crippen molar-refractivity contribution in [3.05, 3.63) is 65.5 Å². The summed E-state index contributed by atoms with van der Waals surface area (Å²) in [5, 5.41) is 0. The molecule has 2 heterocycles. The van der Waals surface area contributed by atoms with Crippen molar-refractivity contribution in [2.24, 2.45) is 5.41 Å². The normalized spacial score (nSPS) is 18.3. The maximum atomic E-state index is 13.4. The van der Waals surface area contributed by atoms with Crippen LogP contribution in [-0.4, -0.2) is 48.4 Å². The molecule has 6 heteroatoms. The highest BCUT2D eigenvalue weighted by molar-refractivity contribution is 5.79. The van der Waals surface area contributed by atoms with Gasteiger partial charge in [-0.3, -0.25) is 9.59 Å². The van der Waals surface area contributed by atoms with Crippen LogP contribution in [0.25, 0.3) is 0 Å². The molecule has 2 fully saturated rings. The van der Waals surface area contributed by atoms with Gasteiger partial charge in [-0.25, -0.2) is 4.39 Å². The smallest absolute Gasteiger partial charge is 0.226 e. The molecule has 0 saturated carbocycles. The molecule has 31 heavy (non-hydrogen) atoms. The summed E-state index contributed by atoms with van der Waals surface area (Å²) in [6.07, 6.45) is 3.47. The minimum Gasteiger partial charge on any atom is -0.497 e. The maximum absolute atomic E-state index is 13.4. The van der Waals surface area contributed by atoms with Gasteiger partial charge < -0.3 is 14.5 Å². The Hall–Kier alpha value is -2.89. The summed E-state index contributed by atoms with van der Waals surface area (Å²) in [5.41, 5.74) is 1.88. The number of carbonyl (C=O) groups is 2. The van der Waals surface area contributed by atoms with E-state index in [2.05, 4.69) is 0 Å². The lowest BCUT2D eigenvalue weighted by Crippen LogP contribution is -2.52. The Morgan fingerprint density at radius 2 is 1.81 bits per heavy atom. The maximum Gasteiger partial charge on any atom is 0.226 e. The van der Waals surface area contributed by atoms with E-state index < -0.39 is 0 Å². The lowest BCUT2D eigenvalue weighted by molar-refractivity contribution is -0.142. The number of methoxy groups -OCH3 is 1. The van der Waals surface area contributed by atoms with E-state index in [-0.39, 0.29) is 29.5 Å². The van der Waals surface area contributed by atoms with E-state index in [4.69, 9.17) is 4.74 Å². The number of piperidine rings is 2. The number of carbonyl (C=O) groups excluding carboxylic acids is 2. The minimum atomic E-state index is -0.313. The molecule has 2 aromatic carbocycles. The molecular formula is C25H29FN2O3. The number of likely N-dealkylation sites (tertiary alicyclic amines) is 2. The summed E-state index contributed by atoms with van der Waals surface area (Å²) in [7, 11) is 1.64. The van der Waals surface area contributed by atoms with Gasteiger partial charge in [0.15, 0.2) is 0 Å². The lowest BCUT2D eigenvalue weighted by Gasteiger charge is -2.47. The molecule has 5 nitrogen and oxygen atoms in total. The topological polar surface area (TPSA) is 49.9 Å². The van der Waals surface area contributed by atoms with Crippen LogP contribution in [0.4, 0.5) is 4.39 Å². The summed E-state index contributed by atoms with van der Waals surface area (Å²) < 4.78 is 18.6. The predicted molar refractivity (Wildman–Crippen MR) is 116 cm³/mol. The van der Waals surface area contributed by atoms with E-state index in [1.165, 1.54) is 12.1 Å². The fraction of sp³-hybridized carbons (Fsp3) is 0.440. The molecule has 2 aliphatic heterocycles. The molecule has 0 radical (unpaired) electrons. The summed E-state index contributed by atoms with van der Waals surface area (Å²) in [6, 6.07) is 14.1. The number of hydrogen-bond donors (Lipinski definition) is 0. The van der Waals surface area contributed by atoms with E-state index in [0.29, 0.717) is 31.6 Å². The molecule has 0 aromatic heterocycles. The predicted octanol–water partition coefficient (Wildman–Crippen LogP) is 3.81. The zero-order valence-electron chi connectivity index (χ0n) is 18.0. The van der Waals surface area contributed by atoms with Gasteiger partial charge in [-0.2, -0.15) is 0 Å². The highest BCUT2D eigenvalue weighted by Crippen LogP contribution is 2.40. The quantitative estimate of drug-likeness (QED) is 0.734. The van der Waals surface area contributed by atoms with Crippen LogP contribution in [0, 0.1) is 11.2 Å². The summed E-state index contributed by atoms with van der Waals surface area (Å²) in [6.45, 7) is 2.73. The Balaban J connectivity index is 1.34. The average molecular weight is 425 g/mol. The van der Waals surface area contributed by atoms with Crippen molar-refractivity contribution in [2.75, 3.05) is 26.7 Å². The molecule has 0 unspecified atom stereocenters. The molecule has 2 saturated heterocycles. The molecule has 0 N–H and O–H groups in total. The van der Waals surface area contributed by atoms with Crippen LogP contribution in [0.3, 0.4) is 0 Å². The van der Waals surface area contributed by atoms with Gasteiger partial charge in [0.2, 0.25) is 11.8 Å². The molecule has 1 spiro atoms. The number of benzene rings is 2. The Bertz CT molecular complexity index is 936. The first-order chi connectivity index (χ1) is 15.0. The van der Waals surface area contributed by atoms with Gasteiger partial charge in [0.1, 0.15) is 11.6 Å². The molecule has 164 valence electrons. The van der Waals surface area contributed by atoms with Crippen molar-refractivity contribution in [1.29, 1.82) is 0 Å². The zero-order valence-corrected chi connectivity index (χ0v) is 18.0. The molecule has 4 rings (SSSR count). The van der Waals surface area contributed by atoms with Gasteiger partial charge in [0.25, 0.3) is 0 Å². The monoisotopic (exact) mass is 424 g/mol. The first kappa shape index (κ1) is 21.3. The highest BCUT2D eigenvalue weighted by Gasteiger charge is 2.41. The first-order valence-corrected chi connectivity index (χ1v) is 10.9. The van der Waals surface area contributed by atoms with Crippen molar-refractivity contribution >= 4 is 11.8 Å². The van der Waals surface area contributed by atoms with Gasteiger partial charge in [0.05, 0.1) is 13.5 Å². The zero-order chi connectivity index (χ0) is 21.8. The number of rotatable bonds is 5. The van der Waals surface area contributed by atoms with Crippen molar-refractivity contribution in [1.82, 2.24) is 9.80 Å². The standard InChI is InChI=1S/C25H29FN2O3/c1-31-22-7-5-19(6-8-22)17-28-18-25(10-9-23(28)29)11-13-27(14-12-25)24(30)16-20-3-2-4-21(26)15-20/h2-8,15H,9-14,16-18H2,1H3. The molecule has 0 bridgehead atoms. The summed E-state index contributed by atoms with van der Waals surface area (Å²) in [4.78, 5) is 29.1. The van der Waals surface area contributed by atoms with E-state index >= 15 is 0 Å². The third kappa shape index (κ3) is 5.06. The molecule has 2 amide bonds. The van der Waals surface area contributed by atoms with Crippen LogP contribution < -0.4 is 4.74 Å². The van der Waals surface area contributed by atoms with Crippen molar-refractivity contribution in [3.8, 4) is 5.75 Å². The van der Waals surface area contributed by atoms with Crippen LogP contribution in [0.2, 0.25) is 0 Å².